The first-order valence-corrected chi connectivity index (χ1v) is 5.83. The highest BCUT2D eigenvalue weighted by Crippen LogP contribution is 2.13. The first kappa shape index (κ1) is 11.5. The predicted molar refractivity (Wildman–Crippen MR) is 72.6 cm³/mol. The molecule has 1 aromatic heterocycles. The molecule has 3 N–H and O–H groups in total. The summed E-state index contributed by atoms with van der Waals surface area (Å²) in [5, 5.41) is 9.41. The van der Waals surface area contributed by atoms with Gasteiger partial charge in [0, 0.05) is 11.6 Å². The van der Waals surface area contributed by atoms with Crippen LogP contribution < -0.4 is 16.2 Å². The minimum absolute atomic E-state index is 0.522. The van der Waals surface area contributed by atoms with Gasteiger partial charge in [-0.15, -0.1) is 0 Å². The number of hydrogen-bond acceptors (Lipinski definition) is 2. The molecule has 0 atom stereocenters. The van der Waals surface area contributed by atoms with Gasteiger partial charge in [0.2, 0.25) is 0 Å². The molecule has 0 aliphatic heterocycles. The molecular weight excluding hydrogens is 210 g/mol. The van der Waals surface area contributed by atoms with Crippen LogP contribution in [0.5, 0.6) is 0 Å². The topological polar surface area (TPSA) is 54.7 Å². The standard InChI is InChI=1S/C14H17N3/c1-3-6-11-10(4-2)7-5-8-12(11)13-9-14(15)17-16-13/h4-9H,3H2,1-2H3,(H3,15,16,17). The lowest BCUT2D eigenvalue weighted by Crippen LogP contribution is -2.26. The molecule has 0 spiro atoms. The van der Waals surface area contributed by atoms with E-state index in [4.69, 9.17) is 5.73 Å². The van der Waals surface area contributed by atoms with Crippen molar-refractivity contribution in [3.8, 4) is 11.3 Å². The predicted octanol–water partition coefficient (Wildman–Crippen LogP) is 1.65. The fraction of sp³-hybridized carbons (Fsp3) is 0.214. The summed E-state index contributed by atoms with van der Waals surface area (Å²) >= 11 is 0. The fourth-order valence-corrected chi connectivity index (χ4v) is 1.98. The Morgan fingerprint density at radius 1 is 1.41 bits per heavy atom. The van der Waals surface area contributed by atoms with E-state index >= 15 is 0 Å². The van der Waals surface area contributed by atoms with E-state index in [9.17, 15) is 0 Å². The van der Waals surface area contributed by atoms with E-state index in [-0.39, 0.29) is 0 Å². The molecule has 88 valence electrons. The molecule has 1 heterocycles. The average Bonchev–Trinajstić information content (AvgIpc) is 2.76. The number of aromatic nitrogens is 2. The van der Waals surface area contributed by atoms with E-state index in [1.165, 1.54) is 10.4 Å². The highest BCUT2D eigenvalue weighted by Gasteiger charge is 2.03. The highest BCUT2D eigenvalue weighted by atomic mass is 15.2. The van der Waals surface area contributed by atoms with Crippen LogP contribution in [0.1, 0.15) is 20.3 Å². The van der Waals surface area contributed by atoms with Crippen molar-refractivity contribution in [2.24, 2.45) is 0 Å². The van der Waals surface area contributed by atoms with E-state index < -0.39 is 0 Å². The van der Waals surface area contributed by atoms with Crippen molar-refractivity contribution in [3.63, 3.8) is 0 Å². The third-order valence-electron chi connectivity index (χ3n) is 2.75. The van der Waals surface area contributed by atoms with Crippen LogP contribution in [0, 0.1) is 0 Å². The molecular formula is C14H17N3. The zero-order valence-corrected chi connectivity index (χ0v) is 10.2. The summed E-state index contributed by atoms with van der Waals surface area (Å²) in [6, 6.07) is 8.11. The lowest BCUT2D eigenvalue weighted by atomic mass is 10.1. The summed E-state index contributed by atoms with van der Waals surface area (Å²) in [6.07, 6.45) is 5.34. The number of nitrogens with zero attached hydrogens (tertiary/aromatic N) is 1. The van der Waals surface area contributed by atoms with E-state index in [1.54, 1.807) is 0 Å². The second kappa shape index (κ2) is 4.87. The number of H-pyrrole nitrogens is 1. The van der Waals surface area contributed by atoms with Gasteiger partial charge in [0.1, 0.15) is 5.82 Å². The Morgan fingerprint density at radius 2 is 2.24 bits per heavy atom. The molecule has 3 nitrogen and oxygen atoms in total. The Bertz CT molecular complexity index is 623. The largest absolute Gasteiger partial charge is 0.382 e. The van der Waals surface area contributed by atoms with Crippen molar-refractivity contribution >= 4 is 18.0 Å². The van der Waals surface area contributed by atoms with Gasteiger partial charge >= 0.3 is 0 Å². The number of nitrogen functional groups attached to an aromatic ring is 1. The SMILES string of the molecule is CC=c1cccc(-c2cc(N)n[nH]2)c1=CCC. The molecule has 17 heavy (non-hydrogen) atoms. The van der Waals surface area contributed by atoms with E-state index in [0.717, 1.165) is 17.7 Å². The van der Waals surface area contributed by atoms with E-state index in [2.05, 4.69) is 47.5 Å². The fourth-order valence-electron chi connectivity index (χ4n) is 1.98. The van der Waals surface area contributed by atoms with Crippen LogP contribution >= 0.6 is 0 Å². The maximum atomic E-state index is 5.65. The molecule has 0 bridgehead atoms. The molecule has 0 aliphatic carbocycles. The molecule has 0 saturated heterocycles. The molecule has 0 fully saturated rings. The summed E-state index contributed by atoms with van der Waals surface area (Å²) in [6.45, 7) is 4.19. The molecule has 3 heteroatoms. The Kier molecular flexibility index (Phi) is 3.28. The Hall–Kier alpha value is -2.03. The highest BCUT2D eigenvalue weighted by molar-refractivity contribution is 5.64. The molecule has 0 unspecified atom stereocenters. The third kappa shape index (κ3) is 2.23. The smallest absolute Gasteiger partial charge is 0.145 e. The van der Waals surface area contributed by atoms with Crippen LogP contribution in [-0.4, -0.2) is 10.2 Å². The maximum absolute atomic E-state index is 5.65. The van der Waals surface area contributed by atoms with Crippen LogP contribution in [0.25, 0.3) is 23.4 Å². The van der Waals surface area contributed by atoms with Gasteiger partial charge in [-0.25, -0.2) is 0 Å². The average molecular weight is 227 g/mol. The van der Waals surface area contributed by atoms with Crippen molar-refractivity contribution in [1.29, 1.82) is 0 Å². The number of nitrogens with two attached hydrogens (primary N) is 1. The number of rotatable bonds is 2. The number of nitrogens with one attached hydrogen (secondary N) is 1. The molecule has 2 rings (SSSR count). The Balaban J connectivity index is 2.75. The first-order valence-electron chi connectivity index (χ1n) is 5.83. The van der Waals surface area contributed by atoms with Gasteiger partial charge in [0.25, 0.3) is 0 Å². The van der Waals surface area contributed by atoms with Gasteiger partial charge in [-0.05, 0) is 23.8 Å². The zero-order chi connectivity index (χ0) is 12.3. The summed E-state index contributed by atoms with van der Waals surface area (Å²) in [5.41, 5.74) is 7.76. The molecule has 0 amide bonds. The van der Waals surface area contributed by atoms with Gasteiger partial charge in [0.05, 0.1) is 5.69 Å². The minimum Gasteiger partial charge on any atom is -0.382 e. The summed E-state index contributed by atoms with van der Waals surface area (Å²) in [4.78, 5) is 0. The van der Waals surface area contributed by atoms with Crippen molar-refractivity contribution in [2.75, 3.05) is 5.73 Å². The van der Waals surface area contributed by atoms with E-state index in [0.29, 0.717) is 5.82 Å². The van der Waals surface area contributed by atoms with Gasteiger partial charge in [-0.1, -0.05) is 37.3 Å². The second-order valence-electron chi connectivity index (χ2n) is 3.92. The van der Waals surface area contributed by atoms with Crippen LogP contribution in [0.2, 0.25) is 0 Å². The number of benzene rings is 1. The summed E-state index contributed by atoms with van der Waals surface area (Å²) in [7, 11) is 0. The van der Waals surface area contributed by atoms with Gasteiger partial charge in [-0.3, -0.25) is 5.10 Å². The van der Waals surface area contributed by atoms with Crippen molar-refractivity contribution in [2.45, 2.75) is 20.3 Å². The van der Waals surface area contributed by atoms with Crippen molar-refractivity contribution in [1.82, 2.24) is 10.2 Å². The van der Waals surface area contributed by atoms with Crippen LogP contribution in [0.4, 0.5) is 5.82 Å². The molecule has 1 aromatic carbocycles. The lowest BCUT2D eigenvalue weighted by Gasteiger charge is -2.00. The van der Waals surface area contributed by atoms with Crippen LogP contribution in [-0.2, 0) is 0 Å². The zero-order valence-electron chi connectivity index (χ0n) is 10.2. The first-order chi connectivity index (χ1) is 8.26. The van der Waals surface area contributed by atoms with E-state index in [1.807, 2.05) is 13.0 Å². The Morgan fingerprint density at radius 3 is 2.82 bits per heavy atom. The molecule has 0 saturated carbocycles. The molecule has 0 radical (unpaired) electrons. The molecule has 0 aliphatic rings. The van der Waals surface area contributed by atoms with Crippen molar-refractivity contribution in [3.05, 3.63) is 34.7 Å². The minimum atomic E-state index is 0.522. The third-order valence-corrected chi connectivity index (χ3v) is 2.75. The lowest BCUT2D eigenvalue weighted by molar-refractivity contribution is 1.10. The monoisotopic (exact) mass is 227 g/mol. The second-order valence-corrected chi connectivity index (χ2v) is 3.92. The number of aromatic amines is 1. The van der Waals surface area contributed by atoms with Gasteiger partial charge < -0.3 is 5.73 Å². The normalized spacial score (nSPS) is 13.3. The Labute approximate surface area is 101 Å². The summed E-state index contributed by atoms with van der Waals surface area (Å²) < 4.78 is 0. The van der Waals surface area contributed by atoms with Gasteiger partial charge in [0.15, 0.2) is 0 Å². The quantitative estimate of drug-likeness (QED) is 0.819. The maximum Gasteiger partial charge on any atom is 0.145 e. The molecule has 2 aromatic rings. The van der Waals surface area contributed by atoms with Gasteiger partial charge in [-0.2, -0.15) is 5.10 Å². The van der Waals surface area contributed by atoms with Crippen molar-refractivity contribution < 1.29 is 0 Å². The summed E-state index contributed by atoms with van der Waals surface area (Å²) in [5.74, 6) is 0.522. The van der Waals surface area contributed by atoms with Crippen LogP contribution in [0.15, 0.2) is 24.3 Å². The number of hydrogen-bond donors (Lipinski definition) is 2. The van der Waals surface area contributed by atoms with Crippen LogP contribution in [0.3, 0.4) is 0 Å². The number of anilines is 1.